The second kappa shape index (κ2) is 6.40. The van der Waals surface area contributed by atoms with Crippen molar-refractivity contribution < 1.29 is 5.11 Å². The maximum Gasteiger partial charge on any atom is 0.112 e. The Morgan fingerprint density at radius 2 is 1.89 bits per heavy atom. The van der Waals surface area contributed by atoms with Gasteiger partial charge in [0.25, 0.3) is 0 Å². The highest BCUT2D eigenvalue weighted by Gasteiger charge is 2.32. The fourth-order valence-electron chi connectivity index (χ4n) is 2.73. The standard InChI is InChI=1S/C16H21ClO/c17-13-12-16(18,15-10-6-3-7-11-15)14-8-4-1-2-5-9-14/h3,6-8,10-11,18H,1-2,4-5,9,12-13H2. The fraction of sp³-hybridized carbons (Fsp3) is 0.500. The van der Waals surface area contributed by atoms with Crippen molar-refractivity contribution in [2.45, 2.75) is 44.1 Å². The Labute approximate surface area is 114 Å². The van der Waals surface area contributed by atoms with Crippen LogP contribution >= 0.6 is 11.6 Å². The summed E-state index contributed by atoms with van der Waals surface area (Å²) in [4.78, 5) is 0. The molecule has 1 unspecified atom stereocenters. The first kappa shape index (κ1) is 13.6. The Balaban J connectivity index is 2.33. The van der Waals surface area contributed by atoms with Gasteiger partial charge in [-0.2, -0.15) is 0 Å². The minimum Gasteiger partial charge on any atom is -0.381 e. The van der Waals surface area contributed by atoms with Gasteiger partial charge in [-0.1, -0.05) is 42.8 Å². The van der Waals surface area contributed by atoms with E-state index < -0.39 is 5.60 Å². The molecule has 1 aromatic rings. The van der Waals surface area contributed by atoms with E-state index in [4.69, 9.17) is 11.6 Å². The summed E-state index contributed by atoms with van der Waals surface area (Å²) in [6.07, 6.45) is 8.54. The van der Waals surface area contributed by atoms with Gasteiger partial charge in [-0.25, -0.2) is 0 Å². The summed E-state index contributed by atoms with van der Waals surface area (Å²) >= 11 is 5.91. The summed E-state index contributed by atoms with van der Waals surface area (Å²) in [6.45, 7) is 0. The van der Waals surface area contributed by atoms with Crippen LogP contribution in [-0.2, 0) is 5.60 Å². The first-order valence-electron chi connectivity index (χ1n) is 6.81. The van der Waals surface area contributed by atoms with Gasteiger partial charge in [-0.05, 0) is 43.2 Å². The second-order valence-corrected chi connectivity index (χ2v) is 5.37. The zero-order valence-electron chi connectivity index (χ0n) is 10.7. The van der Waals surface area contributed by atoms with Crippen LogP contribution < -0.4 is 0 Å². The Morgan fingerprint density at radius 3 is 2.61 bits per heavy atom. The lowest BCUT2D eigenvalue weighted by Gasteiger charge is -2.31. The molecule has 0 amide bonds. The molecule has 1 atom stereocenters. The van der Waals surface area contributed by atoms with E-state index in [0.29, 0.717) is 12.3 Å². The number of aliphatic hydroxyl groups is 1. The molecule has 0 radical (unpaired) electrons. The number of halogens is 1. The molecule has 1 aromatic carbocycles. The first-order valence-corrected chi connectivity index (χ1v) is 7.34. The van der Waals surface area contributed by atoms with Gasteiger partial charge in [0.1, 0.15) is 5.60 Å². The number of alkyl halides is 1. The molecule has 0 spiro atoms. The zero-order valence-corrected chi connectivity index (χ0v) is 11.5. The van der Waals surface area contributed by atoms with Gasteiger partial charge in [0.05, 0.1) is 0 Å². The molecule has 1 N–H and O–H groups in total. The second-order valence-electron chi connectivity index (χ2n) is 4.99. The van der Waals surface area contributed by atoms with Crippen molar-refractivity contribution in [2.75, 3.05) is 5.88 Å². The number of hydrogen-bond donors (Lipinski definition) is 1. The topological polar surface area (TPSA) is 20.2 Å². The fourth-order valence-corrected chi connectivity index (χ4v) is 3.00. The Hall–Kier alpha value is -0.790. The molecule has 0 saturated heterocycles. The number of allylic oxidation sites excluding steroid dienone is 1. The Morgan fingerprint density at radius 1 is 1.11 bits per heavy atom. The summed E-state index contributed by atoms with van der Waals surface area (Å²) in [5.74, 6) is 0.475. The van der Waals surface area contributed by atoms with Crippen LogP contribution in [0.25, 0.3) is 0 Å². The van der Waals surface area contributed by atoms with E-state index in [9.17, 15) is 5.11 Å². The van der Waals surface area contributed by atoms with Crippen molar-refractivity contribution in [3.63, 3.8) is 0 Å². The molecule has 0 fully saturated rings. The quantitative estimate of drug-likeness (QED) is 0.632. The molecule has 0 saturated carbocycles. The van der Waals surface area contributed by atoms with Gasteiger partial charge in [0.2, 0.25) is 0 Å². The highest BCUT2D eigenvalue weighted by atomic mass is 35.5. The number of rotatable bonds is 4. The van der Waals surface area contributed by atoms with Crippen molar-refractivity contribution >= 4 is 11.6 Å². The summed E-state index contributed by atoms with van der Waals surface area (Å²) in [7, 11) is 0. The van der Waals surface area contributed by atoms with E-state index in [1.165, 1.54) is 19.3 Å². The van der Waals surface area contributed by atoms with E-state index >= 15 is 0 Å². The summed E-state index contributed by atoms with van der Waals surface area (Å²) in [5, 5.41) is 11.1. The van der Waals surface area contributed by atoms with Crippen LogP contribution in [0.1, 0.15) is 44.1 Å². The predicted octanol–water partition coefficient (Wildman–Crippen LogP) is 4.39. The molecule has 1 aliphatic rings. The number of benzene rings is 1. The van der Waals surface area contributed by atoms with Crippen LogP contribution in [0.3, 0.4) is 0 Å². The zero-order chi connectivity index (χ0) is 12.8. The van der Waals surface area contributed by atoms with Gasteiger partial charge in [0.15, 0.2) is 0 Å². The SMILES string of the molecule is OC(CCCl)(C1=CCCCCC1)c1ccccc1. The minimum absolute atomic E-state index is 0.475. The lowest BCUT2D eigenvalue weighted by Crippen LogP contribution is -2.29. The van der Waals surface area contributed by atoms with E-state index in [1.54, 1.807) is 0 Å². The lowest BCUT2D eigenvalue weighted by atomic mass is 9.81. The van der Waals surface area contributed by atoms with Crippen molar-refractivity contribution in [3.8, 4) is 0 Å². The first-order chi connectivity index (χ1) is 8.77. The van der Waals surface area contributed by atoms with Crippen LogP contribution in [-0.4, -0.2) is 11.0 Å². The van der Waals surface area contributed by atoms with Crippen LogP contribution in [0.5, 0.6) is 0 Å². The molecule has 2 rings (SSSR count). The van der Waals surface area contributed by atoms with Crippen molar-refractivity contribution in [3.05, 3.63) is 47.5 Å². The lowest BCUT2D eigenvalue weighted by molar-refractivity contribution is 0.0688. The molecule has 0 bridgehead atoms. The third kappa shape index (κ3) is 2.96. The molecule has 18 heavy (non-hydrogen) atoms. The maximum atomic E-state index is 11.1. The molecule has 1 aliphatic carbocycles. The van der Waals surface area contributed by atoms with Crippen LogP contribution in [0.15, 0.2) is 42.0 Å². The maximum absolute atomic E-state index is 11.1. The van der Waals surface area contributed by atoms with Gasteiger partial charge in [-0.3, -0.25) is 0 Å². The van der Waals surface area contributed by atoms with Crippen molar-refractivity contribution in [1.82, 2.24) is 0 Å². The monoisotopic (exact) mass is 264 g/mol. The molecule has 98 valence electrons. The van der Waals surface area contributed by atoms with Crippen LogP contribution in [0, 0.1) is 0 Å². The molecule has 1 nitrogen and oxygen atoms in total. The highest BCUT2D eigenvalue weighted by molar-refractivity contribution is 6.17. The van der Waals surface area contributed by atoms with Gasteiger partial charge >= 0.3 is 0 Å². The average Bonchev–Trinajstić information content (AvgIpc) is 2.69. The van der Waals surface area contributed by atoms with E-state index in [2.05, 4.69) is 6.08 Å². The van der Waals surface area contributed by atoms with Gasteiger partial charge in [-0.15, -0.1) is 11.6 Å². The summed E-state index contributed by atoms with van der Waals surface area (Å²) < 4.78 is 0. The normalized spacial score (nSPS) is 19.8. The summed E-state index contributed by atoms with van der Waals surface area (Å²) in [5.41, 5.74) is 1.26. The van der Waals surface area contributed by atoms with Gasteiger partial charge < -0.3 is 5.11 Å². The Kier molecular flexibility index (Phi) is 4.85. The smallest absolute Gasteiger partial charge is 0.112 e. The highest BCUT2D eigenvalue weighted by Crippen LogP contribution is 2.37. The number of hydrogen-bond acceptors (Lipinski definition) is 1. The van der Waals surface area contributed by atoms with Crippen molar-refractivity contribution in [1.29, 1.82) is 0 Å². The van der Waals surface area contributed by atoms with Crippen LogP contribution in [0.2, 0.25) is 0 Å². The van der Waals surface area contributed by atoms with Crippen LogP contribution in [0.4, 0.5) is 0 Å². The molecule has 2 heteroatoms. The Bertz CT molecular complexity index is 399. The largest absolute Gasteiger partial charge is 0.381 e. The summed E-state index contributed by atoms with van der Waals surface area (Å²) in [6, 6.07) is 9.93. The molecular weight excluding hydrogens is 244 g/mol. The van der Waals surface area contributed by atoms with E-state index in [-0.39, 0.29) is 0 Å². The van der Waals surface area contributed by atoms with E-state index in [0.717, 1.165) is 24.0 Å². The molecule has 0 heterocycles. The van der Waals surface area contributed by atoms with Crippen molar-refractivity contribution in [2.24, 2.45) is 0 Å². The minimum atomic E-state index is -0.868. The predicted molar refractivity (Wildman–Crippen MR) is 76.8 cm³/mol. The third-order valence-electron chi connectivity index (χ3n) is 3.78. The van der Waals surface area contributed by atoms with Gasteiger partial charge in [0, 0.05) is 5.88 Å². The molecular formula is C16H21ClO. The molecule has 0 aliphatic heterocycles. The molecule has 0 aromatic heterocycles. The average molecular weight is 265 g/mol. The van der Waals surface area contributed by atoms with E-state index in [1.807, 2.05) is 30.3 Å². The third-order valence-corrected chi connectivity index (χ3v) is 3.97.